The molecule has 0 saturated carbocycles. The number of rotatable bonds is 7. The van der Waals surface area contributed by atoms with Gasteiger partial charge in [-0.05, 0) is 50.1 Å². The van der Waals surface area contributed by atoms with Crippen LogP contribution >= 0.6 is 11.6 Å². The van der Waals surface area contributed by atoms with E-state index in [1.165, 1.54) is 18.2 Å². The lowest BCUT2D eigenvalue weighted by Crippen LogP contribution is -2.17. The first-order valence-corrected chi connectivity index (χ1v) is 10.1. The molecular formula is C22H22ClF3N4O. The SMILES string of the molecule is CC[C@@H](C)Nc1nc(Nc2ccc(C)c(Cl)c2)cc(-c2cccc(OC(F)(F)F)c2)n1. The van der Waals surface area contributed by atoms with E-state index < -0.39 is 6.36 Å². The zero-order valence-corrected chi connectivity index (χ0v) is 18.0. The highest BCUT2D eigenvalue weighted by atomic mass is 35.5. The molecule has 0 aliphatic carbocycles. The molecule has 0 saturated heterocycles. The maximum atomic E-state index is 12.6. The van der Waals surface area contributed by atoms with Gasteiger partial charge in [0.05, 0.1) is 5.69 Å². The van der Waals surface area contributed by atoms with E-state index in [2.05, 4.69) is 25.3 Å². The van der Waals surface area contributed by atoms with Gasteiger partial charge in [-0.15, -0.1) is 13.2 Å². The molecule has 31 heavy (non-hydrogen) atoms. The molecule has 0 aliphatic rings. The van der Waals surface area contributed by atoms with E-state index in [1.807, 2.05) is 32.9 Å². The summed E-state index contributed by atoms with van der Waals surface area (Å²) >= 11 is 6.21. The number of benzene rings is 2. The van der Waals surface area contributed by atoms with Gasteiger partial charge in [0.1, 0.15) is 11.6 Å². The quantitative estimate of drug-likeness (QED) is 0.407. The first kappa shape index (κ1) is 22.7. The van der Waals surface area contributed by atoms with Crippen LogP contribution in [-0.4, -0.2) is 22.4 Å². The zero-order chi connectivity index (χ0) is 22.6. The third-order valence-electron chi connectivity index (χ3n) is 4.52. The van der Waals surface area contributed by atoms with E-state index in [-0.39, 0.29) is 11.8 Å². The van der Waals surface area contributed by atoms with Crippen molar-refractivity contribution in [2.75, 3.05) is 10.6 Å². The number of hydrogen-bond acceptors (Lipinski definition) is 5. The van der Waals surface area contributed by atoms with E-state index >= 15 is 0 Å². The molecule has 5 nitrogen and oxygen atoms in total. The predicted molar refractivity (Wildman–Crippen MR) is 117 cm³/mol. The highest BCUT2D eigenvalue weighted by molar-refractivity contribution is 6.31. The van der Waals surface area contributed by atoms with Crippen molar-refractivity contribution in [2.45, 2.75) is 39.6 Å². The van der Waals surface area contributed by atoms with E-state index in [0.717, 1.165) is 17.7 Å². The lowest BCUT2D eigenvalue weighted by atomic mass is 10.1. The number of ether oxygens (including phenoxy) is 1. The summed E-state index contributed by atoms with van der Waals surface area (Å²) in [4.78, 5) is 8.97. The minimum absolute atomic E-state index is 0.108. The average Bonchev–Trinajstić information content (AvgIpc) is 2.69. The summed E-state index contributed by atoms with van der Waals surface area (Å²) in [6, 6.07) is 12.9. The van der Waals surface area contributed by atoms with Gasteiger partial charge in [-0.3, -0.25) is 0 Å². The van der Waals surface area contributed by atoms with Crippen molar-refractivity contribution in [2.24, 2.45) is 0 Å². The lowest BCUT2D eigenvalue weighted by molar-refractivity contribution is -0.274. The molecule has 0 aliphatic heterocycles. The summed E-state index contributed by atoms with van der Waals surface area (Å²) in [5, 5.41) is 6.99. The number of nitrogens with one attached hydrogen (secondary N) is 2. The Morgan fingerprint density at radius 1 is 1.10 bits per heavy atom. The molecule has 1 heterocycles. The topological polar surface area (TPSA) is 59.1 Å². The van der Waals surface area contributed by atoms with E-state index in [4.69, 9.17) is 11.6 Å². The largest absolute Gasteiger partial charge is 0.573 e. The molecule has 1 atom stereocenters. The van der Waals surface area contributed by atoms with E-state index in [9.17, 15) is 13.2 Å². The Labute approximate surface area is 183 Å². The van der Waals surface area contributed by atoms with Crippen molar-refractivity contribution in [1.82, 2.24) is 9.97 Å². The molecule has 0 amide bonds. The second-order valence-electron chi connectivity index (χ2n) is 7.08. The molecule has 1 aromatic heterocycles. The summed E-state index contributed by atoms with van der Waals surface area (Å²) in [5.41, 5.74) is 2.57. The summed E-state index contributed by atoms with van der Waals surface area (Å²) in [6.45, 7) is 5.91. The standard InChI is InChI=1S/C22H22ClF3N4O/c1-4-14(3)27-21-29-19(15-6-5-7-17(10-15)31-22(24,25)26)12-20(30-21)28-16-9-8-13(2)18(23)11-16/h5-12,14H,4H2,1-3H3,(H2,27,28,29,30)/t14-/m1/s1. The van der Waals surface area contributed by atoms with Gasteiger partial charge in [0.25, 0.3) is 0 Å². The second kappa shape index (κ2) is 9.43. The Kier molecular flexibility index (Phi) is 6.90. The Morgan fingerprint density at radius 2 is 1.87 bits per heavy atom. The first-order valence-electron chi connectivity index (χ1n) is 9.68. The van der Waals surface area contributed by atoms with Gasteiger partial charge in [-0.1, -0.05) is 36.7 Å². The Morgan fingerprint density at radius 3 is 2.55 bits per heavy atom. The van der Waals surface area contributed by atoms with Gasteiger partial charge < -0.3 is 15.4 Å². The highest BCUT2D eigenvalue weighted by Crippen LogP contribution is 2.30. The van der Waals surface area contributed by atoms with Crippen LogP contribution in [0.25, 0.3) is 11.3 Å². The Bertz CT molecular complexity index is 1060. The Hall–Kier alpha value is -3.00. The van der Waals surface area contributed by atoms with Gasteiger partial charge in [0, 0.05) is 28.4 Å². The lowest BCUT2D eigenvalue weighted by Gasteiger charge is -2.15. The summed E-state index contributed by atoms with van der Waals surface area (Å²) in [6.07, 6.45) is -3.93. The summed E-state index contributed by atoms with van der Waals surface area (Å²) < 4.78 is 41.9. The fraction of sp³-hybridized carbons (Fsp3) is 0.273. The second-order valence-corrected chi connectivity index (χ2v) is 7.49. The van der Waals surface area contributed by atoms with Gasteiger partial charge in [0.15, 0.2) is 0 Å². The zero-order valence-electron chi connectivity index (χ0n) is 17.2. The first-order chi connectivity index (χ1) is 14.6. The summed E-state index contributed by atoms with van der Waals surface area (Å²) in [5.74, 6) is 0.507. The molecule has 2 aromatic carbocycles. The number of halogens is 4. The van der Waals surface area contributed by atoms with Crippen molar-refractivity contribution < 1.29 is 17.9 Å². The van der Waals surface area contributed by atoms with Crippen molar-refractivity contribution >= 4 is 29.1 Å². The average molecular weight is 451 g/mol. The van der Waals surface area contributed by atoms with Gasteiger partial charge in [-0.2, -0.15) is 4.98 Å². The molecule has 0 spiro atoms. The maximum absolute atomic E-state index is 12.6. The highest BCUT2D eigenvalue weighted by Gasteiger charge is 2.31. The van der Waals surface area contributed by atoms with Crippen LogP contribution in [0, 0.1) is 6.92 Å². The predicted octanol–water partition coefficient (Wildman–Crippen LogP) is 6.96. The number of hydrogen-bond donors (Lipinski definition) is 2. The third-order valence-corrected chi connectivity index (χ3v) is 4.93. The van der Waals surface area contributed by atoms with Crippen LogP contribution in [0.4, 0.5) is 30.6 Å². The van der Waals surface area contributed by atoms with Crippen LogP contribution in [0.15, 0.2) is 48.5 Å². The molecule has 3 aromatic rings. The molecule has 0 radical (unpaired) electrons. The van der Waals surface area contributed by atoms with E-state index in [1.54, 1.807) is 18.2 Å². The fourth-order valence-electron chi connectivity index (χ4n) is 2.72. The summed E-state index contributed by atoms with van der Waals surface area (Å²) in [7, 11) is 0. The van der Waals surface area contributed by atoms with E-state index in [0.29, 0.717) is 28.0 Å². The van der Waals surface area contributed by atoms with Crippen LogP contribution < -0.4 is 15.4 Å². The minimum atomic E-state index is -4.77. The van der Waals surface area contributed by atoms with Crippen molar-refractivity contribution in [3.63, 3.8) is 0 Å². The van der Waals surface area contributed by atoms with Crippen molar-refractivity contribution in [3.05, 3.63) is 59.1 Å². The maximum Gasteiger partial charge on any atom is 0.573 e. The van der Waals surface area contributed by atoms with Crippen LogP contribution in [0.5, 0.6) is 5.75 Å². The molecule has 0 bridgehead atoms. The van der Waals surface area contributed by atoms with Crippen LogP contribution in [0.3, 0.4) is 0 Å². The fourth-order valence-corrected chi connectivity index (χ4v) is 2.90. The van der Waals surface area contributed by atoms with Crippen LogP contribution in [0.1, 0.15) is 25.8 Å². The third kappa shape index (κ3) is 6.49. The molecule has 9 heteroatoms. The van der Waals surface area contributed by atoms with Crippen molar-refractivity contribution in [1.29, 1.82) is 0 Å². The molecule has 0 unspecified atom stereocenters. The smallest absolute Gasteiger partial charge is 0.406 e. The molecule has 2 N–H and O–H groups in total. The number of aryl methyl sites for hydroxylation is 1. The number of nitrogens with zero attached hydrogens (tertiary/aromatic N) is 2. The molecule has 0 fully saturated rings. The van der Waals surface area contributed by atoms with Crippen LogP contribution in [0.2, 0.25) is 5.02 Å². The van der Waals surface area contributed by atoms with Crippen LogP contribution in [-0.2, 0) is 0 Å². The van der Waals surface area contributed by atoms with Gasteiger partial charge in [0.2, 0.25) is 5.95 Å². The number of alkyl halides is 3. The minimum Gasteiger partial charge on any atom is -0.406 e. The number of aromatic nitrogens is 2. The molecule has 164 valence electrons. The van der Waals surface area contributed by atoms with Crippen molar-refractivity contribution in [3.8, 4) is 17.0 Å². The van der Waals surface area contributed by atoms with Gasteiger partial charge >= 0.3 is 6.36 Å². The monoisotopic (exact) mass is 450 g/mol. The number of anilines is 3. The Balaban J connectivity index is 1.99. The van der Waals surface area contributed by atoms with Gasteiger partial charge in [-0.25, -0.2) is 4.98 Å². The molecule has 3 rings (SSSR count). The molecular weight excluding hydrogens is 429 g/mol. The normalized spacial score (nSPS) is 12.4.